The highest BCUT2D eigenvalue weighted by Gasteiger charge is 2.27. The van der Waals surface area contributed by atoms with Crippen molar-refractivity contribution in [2.24, 2.45) is 0 Å². The summed E-state index contributed by atoms with van der Waals surface area (Å²) in [7, 11) is 1.59. The highest BCUT2D eigenvalue weighted by atomic mass is 35.5. The quantitative estimate of drug-likeness (QED) is 0.437. The van der Waals surface area contributed by atoms with Gasteiger partial charge in [-0.05, 0) is 37.6 Å². The number of pyridine rings is 3. The van der Waals surface area contributed by atoms with Gasteiger partial charge in [0.05, 0.1) is 45.6 Å². The third-order valence-corrected chi connectivity index (χ3v) is 7.74. The molecule has 0 aromatic carbocycles. The van der Waals surface area contributed by atoms with Gasteiger partial charge in [-0.1, -0.05) is 11.6 Å². The number of aromatic nitrogens is 3. The van der Waals surface area contributed by atoms with Gasteiger partial charge in [0.2, 0.25) is 11.8 Å². The summed E-state index contributed by atoms with van der Waals surface area (Å²) >= 11 is 7.96. The van der Waals surface area contributed by atoms with Crippen molar-refractivity contribution in [1.29, 1.82) is 0 Å². The lowest BCUT2D eigenvalue weighted by Gasteiger charge is -2.36. The lowest BCUT2D eigenvalue weighted by Crippen LogP contribution is -2.52. The Hall–Kier alpha value is -2.50. The molecule has 0 bridgehead atoms. The first-order valence-corrected chi connectivity index (χ1v) is 12.9. The number of aliphatic hydroxyl groups is 1. The number of likely N-dealkylation sites (tertiary alicyclic amines) is 1. The lowest BCUT2D eigenvalue weighted by molar-refractivity contribution is -0.113. The van der Waals surface area contributed by atoms with Gasteiger partial charge >= 0.3 is 0 Å². The number of ether oxygens (including phenoxy) is 1. The molecule has 11 heteroatoms. The van der Waals surface area contributed by atoms with E-state index in [-0.39, 0.29) is 11.9 Å². The molecule has 9 nitrogen and oxygen atoms in total. The smallest absolute Gasteiger partial charge is 0.235 e. The average molecular weight is 515 g/mol. The second-order valence-electron chi connectivity index (χ2n) is 8.69. The molecule has 2 aliphatic heterocycles. The maximum atomic E-state index is 11.6. The molecule has 0 spiro atoms. The highest BCUT2D eigenvalue weighted by molar-refractivity contribution is 8.00. The number of carbonyl (C=O) groups excluding carboxylic acids is 1. The van der Waals surface area contributed by atoms with Gasteiger partial charge in [0.25, 0.3) is 0 Å². The number of anilines is 1. The number of rotatable bonds is 7. The number of nitrogens with zero attached hydrogens (tertiary/aromatic N) is 4. The molecule has 184 valence electrons. The monoisotopic (exact) mass is 514 g/mol. The second kappa shape index (κ2) is 10.6. The molecule has 3 aromatic rings. The van der Waals surface area contributed by atoms with Crippen LogP contribution in [-0.2, 0) is 17.8 Å². The fourth-order valence-electron chi connectivity index (χ4n) is 4.48. The summed E-state index contributed by atoms with van der Waals surface area (Å²) < 4.78 is 5.27. The number of hydrogen-bond acceptors (Lipinski definition) is 9. The standard InChI is InChI=1S/C24H27ClN6O3S/c1-34-22-5-3-18-23(30-22)15(16(25)11-27-18)6-8-31-9-7-17(19(32)12-31)26-10-14-2-4-20-24(28-14)29-21(33)13-35-20/h2-5,11,17,19,26,32H,6-10,12-13H2,1H3,(H,28,29,33)/t17-,19-/m1/s1. The van der Waals surface area contributed by atoms with E-state index in [1.54, 1.807) is 19.4 Å². The van der Waals surface area contributed by atoms with Crippen LogP contribution in [0.15, 0.2) is 35.4 Å². The van der Waals surface area contributed by atoms with Gasteiger partial charge in [0.15, 0.2) is 0 Å². The van der Waals surface area contributed by atoms with Crippen molar-refractivity contribution in [1.82, 2.24) is 25.2 Å². The molecule has 5 heterocycles. The molecule has 3 aromatic heterocycles. The number of hydrogen-bond donors (Lipinski definition) is 3. The number of β-amino-alcohol motifs (C(OH)–C–C–N with tert-alkyl or cyclic N) is 1. The van der Waals surface area contributed by atoms with Crippen molar-refractivity contribution in [2.75, 3.05) is 37.8 Å². The Morgan fingerprint density at radius 2 is 2.20 bits per heavy atom. The van der Waals surface area contributed by atoms with Crippen LogP contribution in [0.5, 0.6) is 5.88 Å². The van der Waals surface area contributed by atoms with Crippen molar-refractivity contribution < 1.29 is 14.6 Å². The summed E-state index contributed by atoms with van der Waals surface area (Å²) in [6.07, 6.45) is 2.68. The van der Waals surface area contributed by atoms with E-state index in [1.165, 1.54) is 11.8 Å². The minimum atomic E-state index is -0.500. The van der Waals surface area contributed by atoms with E-state index in [1.807, 2.05) is 18.2 Å². The van der Waals surface area contributed by atoms with Crippen molar-refractivity contribution in [3.8, 4) is 5.88 Å². The molecule has 2 aliphatic rings. The molecule has 0 radical (unpaired) electrons. The second-order valence-corrected chi connectivity index (χ2v) is 10.1. The summed E-state index contributed by atoms with van der Waals surface area (Å²) in [5, 5.41) is 17.6. The zero-order chi connectivity index (χ0) is 24.4. The topological polar surface area (TPSA) is 112 Å². The molecule has 0 aliphatic carbocycles. The van der Waals surface area contributed by atoms with E-state index in [2.05, 4.69) is 30.5 Å². The van der Waals surface area contributed by atoms with E-state index in [4.69, 9.17) is 16.3 Å². The Balaban J connectivity index is 1.16. The summed E-state index contributed by atoms with van der Waals surface area (Å²) in [4.78, 5) is 28.3. The highest BCUT2D eigenvalue weighted by Crippen LogP contribution is 2.30. The minimum Gasteiger partial charge on any atom is -0.481 e. The number of piperidine rings is 1. The van der Waals surface area contributed by atoms with Crippen molar-refractivity contribution in [2.45, 2.75) is 36.4 Å². The Bertz CT molecular complexity index is 1250. The van der Waals surface area contributed by atoms with Gasteiger partial charge in [0.1, 0.15) is 5.82 Å². The van der Waals surface area contributed by atoms with Crippen LogP contribution < -0.4 is 15.4 Å². The Morgan fingerprint density at radius 1 is 1.31 bits per heavy atom. The Kier molecular flexibility index (Phi) is 7.35. The van der Waals surface area contributed by atoms with E-state index in [9.17, 15) is 9.90 Å². The molecule has 5 rings (SSSR count). The summed E-state index contributed by atoms with van der Waals surface area (Å²) in [6, 6.07) is 7.59. The van der Waals surface area contributed by atoms with E-state index in [0.717, 1.165) is 46.7 Å². The number of nitrogens with one attached hydrogen (secondary N) is 2. The largest absolute Gasteiger partial charge is 0.481 e. The van der Waals surface area contributed by atoms with Gasteiger partial charge in [-0.15, -0.1) is 11.8 Å². The number of thioether (sulfide) groups is 1. The third-order valence-electron chi connectivity index (χ3n) is 6.37. The first-order chi connectivity index (χ1) is 17.0. The predicted octanol–water partition coefficient (Wildman–Crippen LogP) is 2.50. The summed E-state index contributed by atoms with van der Waals surface area (Å²) in [5.41, 5.74) is 3.31. The average Bonchev–Trinajstić information content (AvgIpc) is 2.87. The van der Waals surface area contributed by atoms with Crippen LogP contribution in [0.25, 0.3) is 11.0 Å². The summed E-state index contributed by atoms with van der Waals surface area (Å²) in [6.45, 7) is 2.71. The number of carbonyl (C=O) groups is 1. The zero-order valence-corrected chi connectivity index (χ0v) is 20.9. The van der Waals surface area contributed by atoms with E-state index in [0.29, 0.717) is 42.0 Å². The number of halogens is 1. The first kappa shape index (κ1) is 24.2. The van der Waals surface area contributed by atoms with Gasteiger partial charge in [-0.2, -0.15) is 0 Å². The number of fused-ring (bicyclic) bond motifs is 2. The van der Waals surface area contributed by atoms with Crippen LogP contribution in [0.3, 0.4) is 0 Å². The lowest BCUT2D eigenvalue weighted by atomic mass is 10.0. The van der Waals surface area contributed by atoms with Crippen LogP contribution >= 0.6 is 23.4 Å². The third kappa shape index (κ3) is 5.52. The normalized spacial score (nSPS) is 20.5. The maximum absolute atomic E-state index is 11.6. The minimum absolute atomic E-state index is 0.0238. The zero-order valence-electron chi connectivity index (χ0n) is 19.3. The Labute approximate surface area is 212 Å². The van der Waals surface area contributed by atoms with Crippen LogP contribution in [0.1, 0.15) is 17.7 Å². The molecule has 2 atom stereocenters. The van der Waals surface area contributed by atoms with E-state index < -0.39 is 6.10 Å². The van der Waals surface area contributed by atoms with Crippen molar-refractivity contribution >= 4 is 46.1 Å². The van der Waals surface area contributed by atoms with Gasteiger partial charge in [0, 0.05) is 43.5 Å². The molecule has 35 heavy (non-hydrogen) atoms. The number of amides is 1. The maximum Gasteiger partial charge on any atom is 0.235 e. The molecule has 1 fully saturated rings. The molecule has 3 N–H and O–H groups in total. The molecule has 0 saturated carbocycles. The molecular weight excluding hydrogens is 488 g/mol. The van der Waals surface area contributed by atoms with Crippen molar-refractivity contribution in [3.05, 3.63) is 46.7 Å². The fourth-order valence-corrected chi connectivity index (χ4v) is 5.46. The fraction of sp³-hybridized carbons (Fsp3) is 0.417. The predicted molar refractivity (Wildman–Crippen MR) is 136 cm³/mol. The van der Waals surface area contributed by atoms with E-state index >= 15 is 0 Å². The molecule has 1 amide bonds. The van der Waals surface area contributed by atoms with Crippen molar-refractivity contribution in [3.63, 3.8) is 0 Å². The van der Waals surface area contributed by atoms with Gasteiger partial charge in [-0.3, -0.25) is 9.78 Å². The molecule has 1 saturated heterocycles. The summed E-state index contributed by atoms with van der Waals surface area (Å²) in [5.74, 6) is 1.54. The SMILES string of the molecule is COc1ccc2ncc(Cl)c(CCN3CC[C@@H](NCc4ccc5c(n4)NC(=O)CS5)[C@H](O)C3)c2n1. The van der Waals surface area contributed by atoms with Crippen LogP contribution in [-0.4, -0.2) is 75.5 Å². The van der Waals surface area contributed by atoms with Crippen LogP contribution in [0.4, 0.5) is 5.82 Å². The van der Waals surface area contributed by atoms with Crippen LogP contribution in [0, 0.1) is 0 Å². The Morgan fingerprint density at radius 3 is 3.03 bits per heavy atom. The number of methoxy groups -OCH3 is 1. The molecular formula is C24H27ClN6O3S. The molecule has 0 unspecified atom stereocenters. The number of aliphatic hydroxyl groups excluding tert-OH is 1. The first-order valence-electron chi connectivity index (χ1n) is 11.5. The van der Waals surface area contributed by atoms with Crippen LogP contribution in [0.2, 0.25) is 5.02 Å². The van der Waals surface area contributed by atoms with Gasteiger partial charge in [-0.25, -0.2) is 9.97 Å². The van der Waals surface area contributed by atoms with Gasteiger partial charge < -0.3 is 25.4 Å².